The van der Waals surface area contributed by atoms with E-state index in [1.165, 1.54) is 0 Å². The fourth-order valence-corrected chi connectivity index (χ4v) is 2.44. The highest BCUT2D eigenvalue weighted by atomic mass is 35.5. The van der Waals surface area contributed by atoms with Crippen molar-refractivity contribution in [3.63, 3.8) is 0 Å². The maximum Gasteiger partial charge on any atom is 0.272 e. The fraction of sp³-hybridized carbons (Fsp3) is 0.600. The van der Waals surface area contributed by atoms with Crippen molar-refractivity contribution in [2.45, 2.75) is 39.0 Å². The third-order valence-corrected chi connectivity index (χ3v) is 3.88. The first-order valence-electron chi connectivity index (χ1n) is 7.10. The SMILES string of the molecule is CCCCN(CC)CC(Cl)c1ccc(C)c([N+](=O)[O-])c1. The lowest BCUT2D eigenvalue weighted by Gasteiger charge is -2.23. The standard InChI is InChI=1S/C15H23ClN2O2/c1-4-6-9-17(5-2)11-14(16)13-8-7-12(3)15(10-13)18(19)20/h7-8,10,14H,4-6,9,11H2,1-3H3. The molecule has 0 radical (unpaired) electrons. The summed E-state index contributed by atoms with van der Waals surface area (Å²) in [5.41, 5.74) is 1.63. The van der Waals surface area contributed by atoms with E-state index in [2.05, 4.69) is 18.7 Å². The number of rotatable bonds is 8. The minimum absolute atomic E-state index is 0.143. The van der Waals surface area contributed by atoms with Crippen molar-refractivity contribution < 1.29 is 4.92 Å². The van der Waals surface area contributed by atoms with Crippen molar-refractivity contribution in [3.05, 3.63) is 39.4 Å². The topological polar surface area (TPSA) is 46.4 Å². The molecule has 4 nitrogen and oxygen atoms in total. The smallest absolute Gasteiger partial charge is 0.272 e. The summed E-state index contributed by atoms with van der Waals surface area (Å²) in [6.07, 6.45) is 2.30. The summed E-state index contributed by atoms with van der Waals surface area (Å²) in [6, 6.07) is 5.25. The molecule has 0 saturated carbocycles. The van der Waals surface area contributed by atoms with Crippen molar-refractivity contribution in [1.82, 2.24) is 4.90 Å². The molecular formula is C15H23ClN2O2. The Balaban J connectivity index is 2.78. The van der Waals surface area contributed by atoms with Crippen LogP contribution in [0.1, 0.15) is 43.2 Å². The molecule has 0 N–H and O–H groups in total. The van der Waals surface area contributed by atoms with Crippen LogP contribution in [-0.2, 0) is 0 Å². The van der Waals surface area contributed by atoms with E-state index in [4.69, 9.17) is 11.6 Å². The Hall–Kier alpha value is -1.13. The van der Waals surface area contributed by atoms with Gasteiger partial charge in [0.2, 0.25) is 0 Å². The summed E-state index contributed by atoms with van der Waals surface area (Å²) in [5, 5.41) is 10.8. The van der Waals surface area contributed by atoms with E-state index < -0.39 is 0 Å². The number of benzene rings is 1. The van der Waals surface area contributed by atoms with Crippen molar-refractivity contribution >= 4 is 17.3 Å². The number of nitro groups is 1. The lowest BCUT2D eigenvalue weighted by atomic mass is 10.1. The molecule has 0 aliphatic carbocycles. The first-order valence-corrected chi connectivity index (χ1v) is 7.54. The van der Waals surface area contributed by atoms with Gasteiger partial charge < -0.3 is 4.90 Å². The summed E-state index contributed by atoms with van der Waals surface area (Å²) in [5.74, 6) is 0. The highest BCUT2D eigenvalue weighted by molar-refractivity contribution is 6.21. The predicted octanol–water partition coefficient (Wildman–Crippen LogP) is 4.31. The zero-order valence-electron chi connectivity index (χ0n) is 12.4. The Morgan fingerprint density at radius 1 is 1.40 bits per heavy atom. The van der Waals surface area contributed by atoms with E-state index in [9.17, 15) is 10.1 Å². The van der Waals surface area contributed by atoms with Gasteiger partial charge in [0.25, 0.3) is 5.69 Å². The van der Waals surface area contributed by atoms with Gasteiger partial charge in [-0.15, -0.1) is 11.6 Å². The quantitative estimate of drug-likeness (QED) is 0.408. The van der Waals surface area contributed by atoms with Gasteiger partial charge in [-0.3, -0.25) is 10.1 Å². The van der Waals surface area contributed by atoms with Crippen LogP contribution in [-0.4, -0.2) is 29.5 Å². The molecule has 0 heterocycles. The Morgan fingerprint density at radius 2 is 2.10 bits per heavy atom. The average molecular weight is 299 g/mol. The van der Waals surface area contributed by atoms with E-state index in [0.717, 1.165) is 38.0 Å². The Morgan fingerprint density at radius 3 is 2.65 bits per heavy atom. The summed E-state index contributed by atoms with van der Waals surface area (Å²) < 4.78 is 0. The van der Waals surface area contributed by atoms with E-state index in [-0.39, 0.29) is 16.0 Å². The molecule has 20 heavy (non-hydrogen) atoms. The molecule has 1 aromatic carbocycles. The maximum atomic E-state index is 11.0. The zero-order valence-corrected chi connectivity index (χ0v) is 13.2. The van der Waals surface area contributed by atoms with Crippen molar-refractivity contribution in [2.24, 2.45) is 0 Å². The minimum Gasteiger partial charge on any atom is -0.302 e. The normalized spacial score (nSPS) is 12.7. The molecule has 0 saturated heterocycles. The summed E-state index contributed by atoms with van der Waals surface area (Å²) in [6.45, 7) is 8.69. The Labute approximate surface area is 125 Å². The van der Waals surface area contributed by atoms with Gasteiger partial charge in [-0.25, -0.2) is 0 Å². The number of alkyl halides is 1. The molecule has 0 aliphatic rings. The van der Waals surface area contributed by atoms with Crippen LogP contribution in [0.4, 0.5) is 5.69 Å². The first-order chi connectivity index (χ1) is 9.49. The predicted molar refractivity (Wildman–Crippen MR) is 83.4 cm³/mol. The second-order valence-electron chi connectivity index (χ2n) is 5.02. The summed E-state index contributed by atoms with van der Waals surface area (Å²) >= 11 is 6.42. The largest absolute Gasteiger partial charge is 0.302 e. The van der Waals surface area contributed by atoms with Crippen LogP contribution in [0.2, 0.25) is 0 Å². The molecule has 5 heteroatoms. The zero-order chi connectivity index (χ0) is 15.1. The molecule has 0 amide bonds. The highest BCUT2D eigenvalue weighted by Gasteiger charge is 2.17. The number of hydrogen-bond donors (Lipinski definition) is 0. The molecule has 1 unspecified atom stereocenters. The van der Waals surface area contributed by atoms with Crippen LogP contribution >= 0.6 is 11.6 Å². The number of nitro benzene ring substituents is 1. The van der Waals surface area contributed by atoms with Gasteiger partial charge >= 0.3 is 0 Å². The molecule has 1 aromatic rings. The molecular weight excluding hydrogens is 276 g/mol. The third kappa shape index (κ3) is 4.76. The number of aryl methyl sites for hydroxylation is 1. The molecule has 112 valence electrons. The number of halogens is 1. The van der Waals surface area contributed by atoms with Crippen molar-refractivity contribution in [3.8, 4) is 0 Å². The second kappa shape index (κ2) is 8.22. The fourth-order valence-electron chi connectivity index (χ4n) is 2.11. The highest BCUT2D eigenvalue weighted by Crippen LogP contribution is 2.27. The molecule has 0 aromatic heterocycles. The number of nitrogens with zero attached hydrogens (tertiary/aromatic N) is 2. The van der Waals surface area contributed by atoms with Gasteiger partial charge in [-0.2, -0.15) is 0 Å². The van der Waals surface area contributed by atoms with Crippen LogP contribution in [0, 0.1) is 17.0 Å². The third-order valence-electron chi connectivity index (χ3n) is 3.49. The summed E-state index contributed by atoms with van der Waals surface area (Å²) in [7, 11) is 0. The number of likely N-dealkylation sites (N-methyl/N-ethyl adjacent to an activating group) is 1. The number of unbranched alkanes of at least 4 members (excludes halogenated alkanes) is 1. The van der Waals surface area contributed by atoms with Gasteiger partial charge in [0.15, 0.2) is 0 Å². The molecule has 0 aliphatic heterocycles. The van der Waals surface area contributed by atoms with Gasteiger partial charge in [-0.05, 0) is 32.0 Å². The first kappa shape index (κ1) is 16.9. The van der Waals surface area contributed by atoms with Crippen LogP contribution in [0.5, 0.6) is 0 Å². The number of hydrogen-bond acceptors (Lipinski definition) is 3. The second-order valence-corrected chi connectivity index (χ2v) is 5.54. The van der Waals surface area contributed by atoms with Gasteiger partial charge in [0, 0.05) is 18.2 Å². The van der Waals surface area contributed by atoms with Gasteiger partial charge in [0.05, 0.1) is 10.3 Å². The molecule has 1 atom stereocenters. The molecule has 0 bridgehead atoms. The van der Waals surface area contributed by atoms with Crippen LogP contribution in [0.15, 0.2) is 18.2 Å². The van der Waals surface area contributed by atoms with Gasteiger partial charge in [0.1, 0.15) is 0 Å². The minimum atomic E-state index is -0.350. The van der Waals surface area contributed by atoms with Crippen molar-refractivity contribution in [1.29, 1.82) is 0 Å². The van der Waals surface area contributed by atoms with Crippen molar-refractivity contribution in [2.75, 3.05) is 19.6 Å². The van der Waals surface area contributed by atoms with E-state index in [1.54, 1.807) is 19.1 Å². The van der Waals surface area contributed by atoms with E-state index in [1.807, 2.05) is 6.07 Å². The van der Waals surface area contributed by atoms with Crippen LogP contribution < -0.4 is 0 Å². The molecule has 0 fully saturated rings. The van der Waals surface area contributed by atoms with Crippen LogP contribution in [0.25, 0.3) is 0 Å². The molecule has 0 spiro atoms. The monoisotopic (exact) mass is 298 g/mol. The van der Waals surface area contributed by atoms with Crippen LogP contribution in [0.3, 0.4) is 0 Å². The summed E-state index contributed by atoms with van der Waals surface area (Å²) in [4.78, 5) is 12.9. The van der Waals surface area contributed by atoms with E-state index in [0.29, 0.717) is 5.56 Å². The van der Waals surface area contributed by atoms with E-state index >= 15 is 0 Å². The average Bonchev–Trinajstić information content (AvgIpc) is 2.43. The van der Waals surface area contributed by atoms with Gasteiger partial charge in [-0.1, -0.05) is 32.4 Å². The lowest BCUT2D eigenvalue weighted by molar-refractivity contribution is -0.385. The Bertz CT molecular complexity index is 451. The lowest BCUT2D eigenvalue weighted by Crippen LogP contribution is -2.28. The molecule has 1 rings (SSSR count). The maximum absolute atomic E-state index is 11.0. The Kier molecular flexibility index (Phi) is 6.96.